The van der Waals surface area contributed by atoms with Gasteiger partial charge in [-0.1, -0.05) is 38.5 Å². The topological polar surface area (TPSA) is 61.4 Å². The van der Waals surface area contributed by atoms with Crippen molar-refractivity contribution in [3.8, 4) is 0 Å². The lowest BCUT2D eigenvalue weighted by Gasteiger charge is -2.34. The summed E-state index contributed by atoms with van der Waals surface area (Å²) in [5, 5.41) is 6.45. The van der Waals surface area contributed by atoms with Crippen LogP contribution in [0.25, 0.3) is 0 Å². The standard InChI is InChI=1S/C20H29N3O2/c1-3-14(2)18(22-19(24)15-7-5-4-6-8-15)20(25)23-16-9-10-17(23)13-21-12-11-16/h4-8,14,16-18,21H,3,9-13H2,1-2H3,(H,22,24). The quantitative estimate of drug-likeness (QED) is 0.861. The molecule has 2 aliphatic rings. The summed E-state index contributed by atoms with van der Waals surface area (Å²) in [6.45, 7) is 5.95. The van der Waals surface area contributed by atoms with Crippen LogP contribution < -0.4 is 10.6 Å². The summed E-state index contributed by atoms with van der Waals surface area (Å²) in [7, 11) is 0. The summed E-state index contributed by atoms with van der Waals surface area (Å²) in [5.74, 6) is 0.0325. The molecule has 2 saturated heterocycles. The van der Waals surface area contributed by atoms with E-state index in [1.807, 2.05) is 25.1 Å². The summed E-state index contributed by atoms with van der Waals surface area (Å²) in [5.41, 5.74) is 0.601. The molecule has 2 aliphatic heterocycles. The van der Waals surface area contributed by atoms with E-state index in [0.29, 0.717) is 11.6 Å². The van der Waals surface area contributed by atoms with Crippen molar-refractivity contribution in [2.45, 2.75) is 57.7 Å². The predicted molar refractivity (Wildman–Crippen MR) is 98.3 cm³/mol. The number of amides is 2. The predicted octanol–water partition coefficient (Wildman–Crippen LogP) is 2.18. The van der Waals surface area contributed by atoms with Crippen molar-refractivity contribution in [1.29, 1.82) is 0 Å². The van der Waals surface area contributed by atoms with Crippen LogP contribution in [0.15, 0.2) is 30.3 Å². The van der Waals surface area contributed by atoms with E-state index in [2.05, 4.69) is 22.5 Å². The van der Waals surface area contributed by atoms with Crippen LogP contribution in [0.1, 0.15) is 49.9 Å². The van der Waals surface area contributed by atoms with Gasteiger partial charge in [0.2, 0.25) is 5.91 Å². The Labute approximate surface area is 150 Å². The van der Waals surface area contributed by atoms with Crippen molar-refractivity contribution in [3.05, 3.63) is 35.9 Å². The lowest BCUT2D eigenvalue weighted by atomic mass is 9.96. The van der Waals surface area contributed by atoms with Crippen LogP contribution in [0.4, 0.5) is 0 Å². The molecule has 5 nitrogen and oxygen atoms in total. The van der Waals surface area contributed by atoms with E-state index in [4.69, 9.17) is 0 Å². The Kier molecular flexibility index (Phi) is 5.74. The first-order valence-electron chi connectivity index (χ1n) is 9.50. The summed E-state index contributed by atoms with van der Waals surface area (Å²) < 4.78 is 0. The number of carbonyl (C=O) groups is 2. The Balaban J connectivity index is 1.78. The molecular weight excluding hydrogens is 314 g/mol. The first-order valence-corrected chi connectivity index (χ1v) is 9.50. The number of hydrogen-bond donors (Lipinski definition) is 2. The van der Waals surface area contributed by atoms with Gasteiger partial charge in [0.25, 0.3) is 5.91 Å². The van der Waals surface area contributed by atoms with Gasteiger partial charge in [0.05, 0.1) is 0 Å². The van der Waals surface area contributed by atoms with Crippen molar-refractivity contribution >= 4 is 11.8 Å². The van der Waals surface area contributed by atoms with Crippen molar-refractivity contribution < 1.29 is 9.59 Å². The molecule has 2 bridgehead atoms. The molecular formula is C20H29N3O2. The van der Waals surface area contributed by atoms with Gasteiger partial charge >= 0.3 is 0 Å². The van der Waals surface area contributed by atoms with Crippen LogP contribution in [0, 0.1) is 5.92 Å². The second kappa shape index (κ2) is 8.00. The van der Waals surface area contributed by atoms with E-state index in [9.17, 15) is 9.59 Å². The SMILES string of the molecule is CCC(C)C(NC(=O)c1ccccc1)C(=O)N1C2CCNCC1CC2. The highest BCUT2D eigenvalue weighted by atomic mass is 16.2. The zero-order chi connectivity index (χ0) is 17.8. The molecule has 1 aromatic carbocycles. The van der Waals surface area contributed by atoms with Crippen molar-refractivity contribution in [2.75, 3.05) is 13.1 Å². The zero-order valence-electron chi connectivity index (χ0n) is 15.2. The smallest absolute Gasteiger partial charge is 0.251 e. The van der Waals surface area contributed by atoms with Gasteiger partial charge in [0.15, 0.2) is 0 Å². The van der Waals surface area contributed by atoms with Gasteiger partial charge in [-0.3, -0.25) is 9.59 Å². The fourth-order valence-electron chi connectivity index (χ4n) is 4.00. The van der Waals surface area contributed by atoms with Crippen molar-refractivity contribution in [3.63, 3.8) is 0 Å². The molecule has 0 radical (unpaired) electrons. The monoisotopic (exact) mass is 343 g/mol. The van der Waals surface area contributed by atoms with E-state index in [1.54, 1.807) is 12.1 Å². The second-order valence-corrected chi connectivity index (χ2v) is 7.33. The lowest BCUT2D eigenvalue weighted by Crippen LogP contribution is -2.55. The van der Waals surface area contributed by atoms with E-state index < -0.39 is 6.04 Å². The van der Waals surface area contributed by atoms with Gasteiger partial charge in [-0.25, -0.2) is 0 Å². The fourth-order valence-corrected chi connectivity index (χ4v) is 4.00. The van der Waals surface area contributed by atoms with Crippen molar-refractivity contribution in [2.24, 2.45) is 5.92 Å². The molecule has 4 atom stereocenters. The largest absolute Gasteiger partial charge is 0.340 e. The zero-order valence-corrected chi connectivity index (χ0v) is 15.2. The van der Waals surface area contributed by atoms with Crippen LogP contribution >= 0.6 is 0 Å². The Bertz CT molecular complexity index is 590. The minimum Gasteiger partial charge on any atom is -0.340 e. The maximum atomic E-state index is 13.4. The third-order valence-electron chi connectivity index (χ3n) is 5.71. The number of benzene rings is 1. The summed E-state index contributed by atoms with van der Waals surface area (Å²) in [6, 6.07) is 9.26. The molecule has 2 heterocycles. The van der Waals surface area contributed by atoms with E-state index >= 15 is 0 Å². The average Bonchev–Trinajstić information content (AvgIpc) is 2.91. The van der Waals surface area contributed by atoms with Gasteiger partial charge in [-0.05, 0) is 43.9 Å². The van der Waals surface area contributed by atoms with Gasteiger partial charge < -0.3 is 15.5 Å². The third kappa shape index (κ3) is 3.87. The van der Waals surface area contributed by atoms with Crippen LogP contribution in [-0.4, -0.2) is 47.9 Å². The summed E-state index contributed by atoms with van der Waals surface area (Å²) >= 11 is 0. The Hall–Kier alpha value is -1.88. The van der Waals surface area contributed by atoms with E-state index in [-0.39, 0.29) is 23.8 Å². The van der Waals surface area contributed by atoms with Crippen LogP contribution in [0.5, 0.6) is 0 Å². The third-order valence-corrected chi connectivity index (χ3v) is 5.71. The van der Waals surface area contributed by atoms with Crippen LogP contribution in [0.2, 0.25) is 0 Å². The van der Waals surface area contributed by atoms with Crippen LogP contribution in [0.3, 0.4) is 0 Å². The van der Waals surface area contributed by atoms with E-state index in [1.165, 1.54) is 0 Å². The fraction of sp³-hybridized carbons (Fsp3) is 0.600. The number of nitrogens with one attached hydrogen (secondary N) is 2. The highest BCUT2D eigenvalue weighted by Gasteiger charge is 2.41. The summed E-state index contributed by atoms with van der Waals surface area (Å²) in [6.07, 6.45) is 4.00. The molecule has 2 fully saturated rings. The van der Waals surface area contributed by atoms with Crippen LogP contribution in [-0.2, 0) is 4.79 Å². The van der Waals surface area contributed by atoms with Gasteiger partial charge in [0.1, 0.15) is 6.04 Å². The lowest BCUT2D eigenvalue weighted by molar-refractivity contribution is -0.137. The number of nitrogens with zero attached hydrogens (tertiary/aromatic N) is 1. The Morgan fingerprint density at radius 2 is 1.92 bits per heavy atom. The van der Waals surface area contributed by atoms with Gasteiger partial charge in [-0.2, -0.15) is 0 Å². The maximum absolute atomic E-state index is 13.4. The molecule has 136 valence electrons. The molecule has 3 rings (SSSR count). The molecule has 0 spiro atoms. The average molecular weight is 343 g/mol. The number of hydrogen-bond acceptors (Lipinski definition) is 3. The first-order chi connectivity index (χ1) is 12.1. The molecule has 0 saturated carbocycles. The highest BCUT2D eigenvalue weighted by molar-refractivity contribution is 5.97. The highest BCUT2D eigenvalue weighted by Crippen LogP contribution is 2.29. The molecule has 0 aromatic heterocycles. The molecule has 4 unspecified atom stereocenters. The minimum atomic E-state index is -0.459. The van der Waals surface area contributed by atoms with Gasteiger partial charge in [-0.15, -0.1) is 0 Å². The molecule has 1 aromatic rings. The molecule has 2 amide bonds. The maximum Gasteiger partial charge on any atom is 0.251 e. The number of carbonyl (C=O) groups excluding carboxylic acids is 2. The van der Waals surface area contributed by atoms with Gasteiger partial charge in [0, 0.05) is 24.2 Å². The second-order valence-electron chi connectivity index (χ2n) is 7.33. The molecule has 25 heavy (non-hydrogen) atoms. The molecule has 2 N–H and O–H groups in total. The summed E-state index contributed by atoms with van der Waals surface area (Å²) in [4.78, 5) is 28.0. The van der Waals surface area contributed by atoms with Crippen molar-refractivity contribution in [1.82, 2.24) is 15.5 Å². The number of rotatable bonds is 5. The Morgan fingerprint density at radius 3 is 2.64 bits per heavy atom. The van der Waals surface area contributed by atoms with E-state index in [0.717, 1.165) is 38.8 Å². The minimum absolute atomic E-state index is 0.0924. The first kappa shape index (κ1) is 17.9. The molecule has 5 heteroatoms. The Morgan fingerprint density at radius 1 is 1.20 bits per heavy atom. The molecule has 0 aliphatic carbocycles. The number of fused-ring (bicyclic) bond motifs is 2. The normalized spacial score (nSPS) is 25.1.